The van der Waals surface area contributed by atoms with Crippen molar-refractivity contribution in [3.8, 4) is 22.9 Å². The number of oxazole rings is 2. The molecule has 0 atom stereocenters. The highest BCUT2D eigenvalue weighted by Gasteiger charge is 2.36. The minimum absolute atomic E-state index is 0.148. The quantitative estimate of drug-likeness (QED) is 0.233. The SMILES string of the molecule is CC1(C)c2ccccc2N(c2cc(-c3nc4ccccc4o3)cc(-c3nc4ccccc4o3)c2)c2ccccc21. The lowest BCUT2D eigenvalue weighted by molar-refractivity contribution is 0.617. The molecule has 0 fully saturated rings. The van der Waals surface area contributed by atoms with E-state index < -0.39 is 0 Å². The van der Waals surface area contributed by atoms with Gasteiger partial charge >= 0.3 is 0 Å². The van der Waals surface area contributed by atoms with Crippen molar-refractivity contribution in [1.82, 2.24) is 9.97 Å². The van der Waals surface area contributed by atoms with Gasteiger partial charge < -0.3 is 13.7 Å². The molecular formula is C35H25N3O2. The number of fused-ring (bicyclic) bond motifs is 4. The van der Waals surface area contributed by atoms with Crippen molar-refractivity contribution in [1.29, 1.82) is 0 Å². The highest BCUT2D eigenvalue weighted by atomic mass is 16.4. The van der Waals surface area contributed by atoms with Crippen LogP contribution in [0.2, 0.25) is 0 Å². The second-order valence-corrected chi connectivity index (χ2v) is 10.7. The Morgan fingerprint density at radius 3 is 1.50 bits per heavy atom. The Hall–Kier alpha value is -5.16. The van der Waals surface area contributed by atoms with Crippen molar-refractivity contribution in [3.63, 3.8) is 0 Å². The summed E-state index contributed by atoms with van der Waals surface area (Å²) in [7, 11) is 0. The number of anilines is 3. The second kappa shape index (κ2) is 8.42. The largest absolute Gasteiger partial charge is 0.436 e. The first-order valence-electron chi connectivity index (χ1n) is 13.4. The Labute approximate surface area is 231 Å². The second-order valence-electron chi connectivity index (χ2n) is 10.7. The molecule has 5 heteroatoms. The van der Waals surface area contributed by atoms with Crippen LogP contribution in [0.4, 0.5) is 17.1 Å². The zero-order valence-electron chi connectivity index (χ0n) is 22.1. The molecule has 0 N–H and O–H groups in total. The zero-order valence-corrected chi connectivity index (χ0v) is 22.1. The number of para-hydroxylation sites is 6. The molecule has 0 aliphatic carbocycles. The Kier molecular flexibility index (Phi) is 4.80. The predicted molar refractivity (Wildman–Crippen MR) is 159 cm³/mol. The van der Waals surface area contributed by atoms with Crippen molar-refractivity contribution < 1.29 is 8.83 Å². The minimum atomic E-state index is -0.148. The Balaban J connectivity index is 1.40. The molecule has 192 valence electrons. The molecule has 8 rings (SSSR count). The molecule has 3 heterocycles. The van der Waals surface area contributed by atoms with E-state index in [2.05, 4.69) is 79.4 Å². The van der Waals surface area contributed by atoms with Crippen molar-refractivity contribution in [2.45, 2.75) is 19.3 Å². The molecule has 5 nitrogen and oxygen atoms in total. The Morgan fingerprint density at radius 1 is 0.550 bits per heavy atom. The summed E-state index contributed by atoms with van der Waals surface area (Å²) in [6.07, 6.45) is 0. The van der Waals surface area contributed by atoms with Gasteiger partial charge in [0, 0.05) is 22.2 Å². The van der Waals surface area contributed by atoms with Gasteiger partial charge in [-0.25, -0.2) is 9.97 Å². The molecule has 0 amide bonds. The van der Waals surface area contributed by atoms with E-state index in [1.165, 1.54) is 11.1 Å². The maximum atomic E-state index is 6.24. The summed E-state index contributed by atoms with van der Waals surface area (Å²) in [5, 5.41) is 0. The highest BCUT2D eigenvalue weighted by Crippen LogP contribution is 2.52. The van der Waals surface area contributed by atoms with Crippen LogP contribution in [0.5, 0.6) is 0 Å². The molecule has 5 aromatic carbocycles. The maximum Gasteiger partial charge on any atom is 0.227 e. The maximum absolute atomic E-state index is 6.24. The lowest BCUT2D eigenvalue weighted by Crippen LogP contribution is -2.30. The van der Waals surface area contributed by atoms with E-state index in [-0.39, 0.29) is 5.41 Å². The molecule has 1 aliphatic rings. The first-order valence-corrected chi connectivity index (χ1v) is 13.4. The molecule has 0 radical (unpaired) electrons. The van der Waals surface area contributed by atoms with Crippen LogP contribution in [-0.2, 0) is 5.41 Å². The third-order valence-electron chi connectivity index (χ3n) is 7.89. The van der Waals surface area contributed by atoms with Gasteiger partial charge in [0.15, 0.2) is 11.2 Å². The smallest absolute Gasteiger partial charge is 0.227 e. The molecule has 0 spiro atoms. The number of hydrogen-bond acceptors (Lipinski definition) is 5. The summed E-state index contributed by atoms with van der Waals surface area (Å²) in [4.78, 5) is 12.0. The fourth-order valence-electron chi connectivity index (χ4n) is 5.93. The molecular weight excluding hydrogens is 494 g/mol. The minimum Gasteiger partial charge on any atom is -0.436 e. The molecule has 2 aromatic heterocycles. The van der Waals surface area contributed by atoms with Crippen LogP contribution in [-0.4, -0.2) is 9.97 Å². The van der Waals surface area contributed by atoms with Gasteiger partial charge in [-0.1, -0.05) is 74.5 Å². The van der Waals surface area contributed by atoms with E-state index in [0.717, 1.165) is 50.4 Å². The fraction of sp³-hybridized carbons (Fsp3) is 0.0857. The van der Waals surface area contributed by atoms with Crippen LogP contribution in [0.25, 0.3) is 45.1 Å². The summed E-state index contributed by atoms with van der Waals surface area (Å²) in [5.41, 5.74) is 10.5. The molecule has 0 saturated heterocycles. The van der Waals surface area contributed by atoms with Gasteiger partial charge in [0.2, 0.25) is 11.8 Å². The van der Waals surface area contributed by atoms with E-state index in [4.69, 9.17) is 18.8 Å². The van der Waals surface area contributed by atoms with Gasteiger partial charge in [-0.3, -0.25) is 0 Å². The molecule has 0 saturated carbocycles. The number of benzene rings is 5. The molecule has 0 unspecified atom stereocenters. The average molecular weight is 520 g/mol. The molecule has 7 aromatic rings. The van der Waals surface area contributed by atoms with Crippen LogP contribution >= 0.6 is 0 Å². The normalized spacial score (nSPS) is 13.9. The number of nitrogens with zero attached hydrogens (tertiary/aromatic N) is 3. The number of rotatable bonds is 3. The van der Waals surface area contributed by atoms with Gasteiger partial charge in [0.05, 0.1) is 11.4 Å². The standard InChI is InChI=1S/C35H25N3O2/c1-35(2)25-11-3-7-15-29(25)38(30-16-8-4-12-26(30)35)24-20-22(33-36-27-13-5-9-17-31(27)39-33)19-23(21-24)34-37-28-14-6-10-18-32(28)40-34/h3-21H,1-2H3. The molecule has 0 bridgehead atoms. The van der Waals surface area contributed by atoms with Gasteiger partial charge in [-0.15, -0.1) is 0 Å². The third-order valence-corrected chi connectivity index (χ3v) is 7.89. The van der Waals surface area contributed by atoms with Crippen molar-refractivity contribution in [2.75, 3.05) is 4.90 Å². The van der Waals surface area contributed by atoms with Gasteiger partial charge in [0.25, 0.3) is 0 Å². The lowest BCUT2D eigenvalue weighted by atomic mass is 9.73. The third kappa shape index (κ3) is 3.41. The summed E-state index contributed by atoms with van der Waals surface area (Å²) in [6.45, 7) is 4.58. The topological polar surface area (TPSA) is 55.3 Å². The lowest BCUT2D eigenvalue weighted by Gasteiger charge is -2.42. The van der Waals surface area contributed by atoms with E-state index in [1.807, 2.05) is 54.6 Å². The van der Waals surface area contributed by atoms with E-state index in [9.17, 15) is 0 Å². The summed E-state index contributed by atoms with van der Waals surface area (Å²) in [6, 6.07) is 39.3. The Bertz CT molecular complexity index is 1860. The first kappa shape index (κ1) is 22.8. The van der Waals surface area contributed by atoms with Crippen molar-refractivity contribution in [3.05, 3.63) is 126 Å². The van der Waals surface area contributed by atoms with Crippen LogP contribution < -0.4 is 4.90 Å². The van der Waals surface area contributed by atoms with Crippen LogP contribution in [0.15, 0.2) is 124 Å². The highest BCUT2D eigenvalue weighted by molar-refractivity contribution is 5.89. The summed E-state index contributed by atoms with van der Waals surface area (Å²) in [5.74, 6) is 1.11. The average Bonchev–Trinajstić information content (AvgIpc) is 3.62. The zero-order chi connectivity index (χ0) is 26.8. The van der Waals surface area contributed by atoms with Crippen LogP contribution in [0.3, 0.4) is 0 Å². The van der Waals surface area contributed by atoms with Gasteiger partial charge in [-0.05, 0) is 65.7 Å². The van der Waals surface area contributed by atoms with Crippen LogP contribution in [0, 0.1) is 0 Å². The monoisotopic (exact) mass is 519 g/mol. The Morgan fingerprint density at radius 2 is 1.00 bits per heavy atom. The summed E-state index contributed by atoms with van der Waals surface area (Å²) >= 11 is 0. The van der Waals surface area contributed by atoms with Gasteiger partial charge in [-0.2, -0.15) is 0 Å². The fourth-order valence-corrected chi connectivity index (χ4v) is 5.93. The molecule has 40 heavy (non-hydrogen) atoms. The van der Waals surface area contributed by atoms with E-state index >= 15 is 0 Å². The van der Waals surface area contributed by atoms with E-state index in [0.29, 0.717) is 11.8 Å². The first-order chi connectivity index (χ1) is 19.6. The molecule has 1 aliphatic heterocycles. The number of aromatic nitrogens is 2. The van der Waals surface area contributed by atoms with Crippen molar-refractivity contribution in [2.24, 2.45) is 0 Å². The van der Waals surface area contributed by atoms with Crippen molar-refractivity contribution >= 4 is 39.3 Å². The van der Waals surface area contributed by atoms with Gasteiger partial charge in [0.1, 0.15) is 11.0 Å². The number of hydrogen-bond donors (Lipinski definition) is 0. The summed E-state index contributed by atoms with van der Waals surface area (Å²) < 4.78 is 12.5. The predicted octanol–water partition coefficient (Wildman–Crippen LogP) is 9.41. The van der Waals surface area contributed by atoms with E-state index in [1.54, 1.807) is 0 Å². The van der Waals surface area contributed by atoms with Crippen LogP contribution in [0.1, 0.15) is 25.0 Å².